The van der Waals surface area contributed by atoms with Gasteiger partial charge in [0.05, 0.1) is 25.9 Å². The Morgan fingerprint density at radius 2 is 1.59 bits per heavy atom. The zero-order valence-corrected chi connectivity index (χ0v) is 30.4. The van der Waals surface area contributed by atoms with Crippen LogP contribution in [0.2, 0.25) is 28.7 Å². The molecule has 12 nitrogen and oxygen atoms in total. The third-order valence-electron chi connectivity index (χ3n) is 9.54. The molecule has 2 aliphatic heterocycles. The number of ether oxygens (including phenoxy) is 1. The number of amides is 3. The molecule has 1 N–H and O–H groups in total. The van der Waals surface area contributed by atoms with E-state index in [4.69, 9.17) is 18.4 Å². The summed E-state index contributed by atoms with van der Waals surface area (Å²) in [4.78, 5) is 59.1. The normalized spacial score (nSPS) is 22.2. The molecule has 2 aliphatic rings. The summed E-state index contributed by atoms with van der Waals surface area (Å²) in [5.74, 6) is -5.09. The Bertz CT molecular complexity index is 1370. The topological polar surface area (TPSA) is 138 Å². The molecular formula is C30H48F2N4O8Si2. The van der Waals surface area contributed by atoms with Crippen molar-refractivity contribution in [2.24, 2.45) is 0 Å². The van der Waals surface area contributed by atoms with E-state index in [2.05, 4.69) is 10.5 Å². The number of halogens is 2. The first kappa shape index (κ1) is 37.8. The van der Waals surface area contributed by atoms with Crippen molar-refractivity contribution >= 4 is 34.4 Å². The average molecular weight is 687 g/mol. The van der Waals surface area contributed by atoms with Crippen molar-refractivity contribution in [1.82, 2.24) is 19.9 Å². The van der Waals surface area contributed by atoms with Gasteiger partial charge >= 0.3 is 14.3 Å². The second-order valence-electron chi connectivity index (χ2n) is 14.4. The largest absolute Gasteiger partial charge is 0.397 e. The number of nitrogens with zero attached hydrogens (tertiary/aromatic N) is 3. The average Bonchev–Trinajstić information content (AvgIpc) is 3.42. The smallest absolute Gasteiger partial charge is 0.355 e. The van der Waals surface area contributed by atoms with Crippen LogP contribution in [0.1, 0.15) is 77.5 Å². The summed E-state index contributed by atoms with van der Waals surface area (Å²) >= 11 is 0. The lowest BCUT2D eigenvalue weighted by Crippen LogP contribution is -2.64. The van der Waals surface area contributed by atoms with Crippen LogP contribution in [0.25, 0.3) is 0 Å². The first-order chi connectivity index (χ1) is 21.2. The molecule has 3 amide bonds. The van der Waals surface area contributed by atoms with E-state index < -0.39 is 56.7 Å². The molecule has 16 heteroatoms. The summed E-state index contributed by atoms with van der Waals surface area (Å²) in [6.07, 6.45) is 3.25. The van der Waals surface area contributed by atoms with Crippen LogP contribution in [0.3, 0.4) is 0 Å². The molecule has 46 heavy (non-hydrogen) atoms. The van der Waals surface area contributed by atoms with Crippen molar-refractivity contribution in [3.05, 3.63) is 40.6 Å². The number of carbonyl (C=O) groups is 3. The number of nitrogens with one attached hydrogen (secondary N) is 1. The van der Waals surface area contributed by atoms with Crippen LogP contribution in [-0.4, -0.2) is 87.8 Å². The molecule has 1 saturated heterocycles. The quantitative estimate of drug-likeness (QED) is 0.138. The van der Waals surface area contributed by atoms with Gasteiger partial charge in [-0.15, -0.1) is 0 Å². The van der Waals surface area contributed by atoms with Crippen molar-refractivity contribution in [2.75, 3.05) is 27.4 Å². The summed E-state index contributed by atoms with van der Waals surface area (Å²) < 4.78 is 52.5. The minimum absolute atomic E-state index is 0.125. The van der Waals surface area contributed by atoms with E-state index in [-0.39, 0.29) is 35.7 Å². The zero-order valence-electron chi connectivity index (χ0n) is 28.4. The first-order valence-electron chi connectivity index (χ1n) is 15.4. The maximum atomic E-state index is 16.8. The van der Waals surface area contributed by atoms with Crippen molar-refractivity contribution in [3.63, 3.8) is 0 Å². The fourth-order valence-electron chi connectivity index (χ4n) is 5.96. The van der Waals surface area contributed by atoms with Crippen LogP contribution in [0.4, 0.5) is 8.78 Å². The predicted molar refractivity (Wildman–Crippen MR) is 171 cm³/mol. The lowest BCUT2D eigenvalue weighted by molar-refractivity contribution is -0.136. The fourth-order valence-corrected chi connectivity index (χ4v) is 14.2. The van der Waals surface area contributed by atoms with Gasteiger partial charge in [0.15, 0.2) is 0 Å². The van der Waals surface area contributed by atoms with Gasteiger partial charge in [-0.2, -0.15) is 4.98 Å². The minimum Gasteiger partial charge on any atom is -0.397 e. The van der Waals surface area contributed by atoms with E-state index in [9.17, 15) is 19.2 Å². The Labute approximate surface area is 271 Å². The van der Waals surface area contributed by atoms with Gasteiger partial charge < -0.3 is 13.6 Å². The lowest BCUT2D eigenvalue weighted by Gasteiger charge is -2.50. The number of unbranched alkanes of at least 4 members (excludes halogenated alkanes) is 2. The number of imide groups is 1. The molecule has 3 unspecified atom stereocenters. The van der Waals surface area contributed by atoms with Crippen molar-refractivity contribution in [1.29, 1.82) is 0 Å². The summed E-state index contributed by atoms with van der Waals surface area (Å²) in [5.41, 5.74) is -1.57. The Balaban J connectivity index is 1.76. The van der Waals surface area contributed by atoms with Crippen molar-refractivity contribution in [2.45, 2.75) is 107 Å². The Morgan fingerprint density at radius 1 is 1.00 bits per heavy atom. The monoisotopic (exact) mass is 686 g/mol. The number of carbonyl (C=O) groups excluding carboxylic acids is 3. The van der Waals surface area contributed by atoms with E-state index >= 15 is 8.78 Å². The Kier molecular flexibility index (Phi) is 11.4. The molecule has 0 spiro atoms. The molecule has 258 valence electrons. The number of alkyl halides is 2. The van der Waals surface area contributed by atoms with Crippen LogP contribution < -0.4 is 11.2 Å². The lowest BCUT2D eigenvalue weighted by atomic mass is 10.2. The highest BCUT2D eigenvalue weighted by Gasteiger charge is 2.75. The molecule has 1 aromatic heterocycles. The number of hydrogen-bond donors (Lipinski definition) is 1. The molecule has 0 aromatic carbocycles. The predicted octanol–water partition coefficient (Wildman–Crippen LogP) is 4.49. The maximum absolute atomic E-state index is 16.8. The van der Waals surface area contributed by atoms with Gasteiger partial charge in [0.25, 0.3) is 23.6 Å². The molecule has 0 aliphatic carbocycles. The van der Waals surface area contributed by atoms with E-state index in [1.807, 2.05) is 54.6 Å². The van der Waals surface area contributed by atoms with Crippen LogP contribution in [0.5, 0.6) is 0 Å². The Hall–Kier alpha value is -2.64. The fraction of sp³-hybridized carbons (Fsp3) is 0.700. The third kappa shape index (κ3) is 7.11. The van der Waals surface area contributed by atoms with Gasteiger partial charge in [-0.3, -0.25) is 28.7 Å². The SMILES string of the molecule is CO[Si](OC)(C1C([Si](C)(C)C(C)(C)C)OC(n2ccc(C(=O)NOCCCCCN3C(=O)C=CC3=O)nc2=O)C1(F)F)C(C)(C)C. The second-order valence-corrected chi connectivity index (χ2v) is 24.1. The second kappa shape index (κ2) is 13.8. The van der Waals surface area contributed by atoms with E-state index in [0.717, 1.165) is 21.7 Å². The van der Waals surface area contributed by atoms with Crippen LogP contribution in [0, 0.1) is 0 Å². The summed E-state index contributed by atoms with van der Waals surface area (Å²) in [6.45, 7) is 15.9. The zero-order chi connectivity index (χ0) is 34.9. The van der Waals surface area contributed by atoms with Crippen molar-refractivity contribution in [3.8, 4) is 0 Å². The number of hydroxylamine groups is 1. The molecule has 0 saturated carbocycles. The van der Waals surface area contributed by atoms with Gasteiger partial charge in [-0.05, 0) is 30.4 Å². The van der Waals surface area contributed by atoms with Crippen molar-refractivity contribution < 1.29 is 41.6 Å². The molecule has 1 fully saturated rings. The van der Waals surface area contributed by atoms with Gasteiger partial charge in [0.1, 0.15) is 5.69 Å². The number of rotatable bonds is 13. The standard InChI is InChI=1S/C30H48F2N4O8Si2/c1-28(2,3)45(9,10)25-23(46(41-7,42-8)29(4,5)6)30(31,32)26(44-25)36-18-16-20(33-27(36)40)24(39)34-43-19-13-11-12-17-35-21(37)14-15-22(35)38/h14-16,18,23,25-26H,11-13,17,19H2,1-10H3,(H,34,39). The molecule has 1 aromatic rings. The molecule has 3 atom stereocenters. The highest BCUT2D eigenvalue weighted by molar-refractivity contribution is 6.84. The van der Waals surface area contributed by atoms with E-state index in [1.165, 1.54) is 26.4 Å². The summed E-state index contributed by atoms with van der Waals surface area (Å²) in [7, 11) is -3.65. The highest BCUT2D eigenvalue weighted by Crippen LogP contribution is 2.63. The van der Waals surface area contributed by atoms with Crippen LogP contribution >= 0.6 is 0 Å². The molecular weight excluding hydrogens is 639 g/mol. The van der Waals surface area contributed by atoms with Gasteiger partial charge in [-0.1, -0.05) is 54.6 Å². The van der Waals surface area contributed by atoms with Gasteiger partial charge in [-0.25, -0.2) is 19.1 Å². The molecule has 3 heterocycles. The van der Waals surface area contributed by atoms with Gasteiger partial charge in [0, 0.05) is 44.2 Å². The molecule has 3 rings (SSSR count). The van der Waals surface area contributed by atoms with Gasteiger partial charge in [0.2, 0.25) is 6.23 Å². The Morgan fingerprint density at radius 3 is 2.09 bits per heavy atom. The third-order valence-corrected chi connectivity index (χ3v) is 20.4. The van der Waals surface area contributed by atoms with E-state index in [0.29, 0.717) is 19.3 Å². The first-order valence-corrected chi connectivity index (χ1v) is 20.3. The molecule has 0 bridgehead atoms. The molecule has 0 radical (unpaired) electrons. The minimum atomic E-state index is -3.75. The van der Waals surface area contributed by atoms with E-state index in [1.54, 1.807) is 0 Å². The number of aromatic nitrogens is 2. The number of hydrogen-bond acceptors (Lipinski definition) is 9. The summed E-state index contributed by atoms with van der Waals surface area (Å²) in [6, 6.07) is 1.16. The highest BCUT2D eigenvalue weighted by atomic mass is 28.4. The summed E-state index contributed by atoms with van der Waals surface area (Å²) in [5, 5.41) is -1.13. The van der Waals surface area contributed by atoms with Crippen LogP contribution in [0.15, 0.2) is 29.2 Å². The maximum Gasteiger partial charge on any atom is 0.355 e. The van der Waals surface area contributed by atoms with Crippen LogP contribution in [-0.2, 0) is 28.0 Å².